The molecule has 1 aromatic rings. The second-order valence-corrected chi connectivity index (χ2v) is 4.29. The lowest BCUT2D eigenvalue weighted by atomic mass is 10.1. The molecule has 19 heavy (non-hydrogen) atoms. The van der Waals surface area contributed by atoms with Gasteiger partial charge in [-0.05, 0) is 25.0 Å². The zero-order chi connectivity index (χ0) is 14.0. The molecule has 104 valence electrons. The van der Waals surface area contributed by atoms with E-state index in [9.17, 15) is 18.0 Å². The molecule has 0 N–H and O–H groups in total. The molecule has 0 aliphatic heterocycles. The average molecular weight is 274 g/mol. The highest BCUT2D eigenvalue weighted by Gasteiger charge is 2.47. The molecule has 0 bridgehead atoms. The van der Waals surface area contributed by atoms with E-state index in [4.69, 9.17) is 4.74 Å². The van der Waals surface area contributed by atoms with Crippen LogP contribution in [0.2, 0.25) is 0 Å². The van der Waals surface area contributed by atoms with Crippen LogP contribution in [0.5, 0.6) is 5.75 Å². The standard InChI is InChI=1S/C13H13F3O3/c1-2-18-12(17)10-7-9(10)8-5-3-4-6-11(8)19-13(14,15)16/h3-6,9-10H,2,7H2,1H3. The number of esters is 1. The summed E-state index contributed by atoms with van der Waals surface area (Å²) in [6.45, 7) is 1.96. The number of para-hydroxylation sites is 1. The quantitative estimate of drug-likeness (QED) is 0.791. The Morgan fingerprint density at radius 2 is 2.05 bits per heavy atom. The van der Waals surface area contributed by atoms with Gasteiger partial charge in [-0.3, -0.25) is 4.79 Å². The van der Waals surface area contributed by atoms with Gasteiger partial charge in [0.2, 0.25) is 0 Å². The Labute approximate surface area is 108 Å². The molecule has 1 aromatic carbocycles. The van der Waals surface area contributed by atoms with Crippen molar-refractivity contribution in [3.8, 4) is 5.75 Å². The molecule has 1 aliphatic carbocycles. The number of benzene rings is 1. The van der Waals surface area contributed by atoms with E-state index < -0.39 is 6.36 Å². The molecule has 1 fully saturated rings. The van der Waals surface area contributed by atoms with E-state index in [1.165, 1.54) is 12.1 Å². The van der Waals surface area contributed by atoms with E-state index in [-0.39, 0.29) is 30.2 Å². The molecule has 0 spiro atoms. The molecule has 1 aliphatic rings. The normalized spacial score (nSPS) is 21.9. The van der Waals surface area contributed by atoms with E-state index >= 15 is 0 Å². The lowest BCUT2D eigenvalue weighted by Crippen LogP contribution is -2.18. The van der Waals surface area contributed by atoms with Crippen LogP contribution < -0.4 is 4.74 Å². The maximum atomic E-state index is 12.3. The van der Waals surface area contributed by atoms with Crippen LogP contribution in [0, 0.1) is 5.92 Å². The second-order valence-electron chi connectivity index (χ2n) is 4.29. The molecule has 0 heterocycles. The molecule has 3 nitrogen and oxygen atoms in total. The third-order valence-electron chi connectivity index (χ3n) is 2.92. The smallest absolute Gasteiger partial charge is 0.466 e. The summed E-state index contributed by atoms with van der Waals surface area (Å²) in [5.74, 6) is -1.23. The zero-order valence-electron chi connectivity index (χ0n) is 10.2. The summed E-state index contributed by atoms with van der Waals surface area (Å²) in [6, 6.07) is 5.89. The number of halogens is 3. The zero-order valence-corrected chi connectivity index (χ0v) is 10.2. The van der Waals surface area contributed by atoms with Gasteiger partial charge in [0.05, 0.1) is 12.5 Å². The summed E-state index contributed by atoms with van der Waals surface area (Å²) >= 11 is 0. The molecule has 0 radical (unpaired) electrons. The van der Waals surface area contributed by atoms with Gasteiger partial charge in [0.1, 0.15) is 5.75 Å². The van der Waals surface area contributed by atoms with Gasteiger partial charge in [0.25, 0.3) is 0 Å². The first-order valence-corrected chi connectivity index (χ1v) is 5.93. The van der Waals surface area contributed by atoms with Crippen molar-refractivity contribution in [3.05, 3.63) is 29.8 Å². The molecule has 6 heteroatoms. The fraction of sp³-hybridized carbons (Fsp3) is 0.462. The first-order chi connectivity index (χ1) is 8.92. The Morgan fingerprint density at radius 1 is 1.37 bits per heavy atom. The highest BCUT2D eigenvalue weighted by atomic mass is 19.4. The van der Waals surface area contributed by atoms with Crippen LogP contribution in [-0.4, -0.2) is 18.9 Å². The maximum Gasteiger partial charge on any atom is 0.573 e. The predicted octanol–water partition coefficient (Wildman–Crippen LogP) is 3.25. The Kier molecular flexibility index (Phi) is 3.68. The van der Waals surface area contributed by atoms with Crippen LogP contribution in [0.25, 0.3) is 0 Å². The minimum atomic E-state index is -4.73. The largest absolute Gasteiger partial charge is 0.573 e. The van der Waals surface area contributed by atoms with Gasteiger partial charge >= 0.3 is 12.3 Å². The van der Waals surface area contributed by atoms with Gasteiger partial charge < -0.3 is 9.47 Å². The summed E-state index contributed by atoms with van der Waals surface area (Å²) in [4.78, 5) is 11.5. The number of ether oxygens (including phenoxy) is 2. The molecular weight excluding hydrogens is 261 g/mol. The van der Waals surface area contributed by atoms with Crippen molar-refractivity contribution in [2.45, 2.75) is 25.6 Å². The van der Waals surface area contributed by atoms with Gasteiger partial charge in [-0.2, -0.15) is 0 Å². The highest BCUT2D eigenvalue weighted by molar-refractivity contribution is 5.77. The van der Waals surface area contributed by atoms with E-state index in [2.05, 4.69) is 4.74 Å². The van der Waals surface area contributed by atoms with Crippen LogP contribution in [0.3, 0.4) is 0 Å². The number of hydrogen-bond donors (Lipinski definition) is 0. The SMILES string of the molecule is CCOC(=O)C1CC1c1ccccc1OC(F)(F)F. The molecule has 1 saturated carbocycles. The van der Waals surface area contributed by atoms with Crippen molar-refractivity contribution in [1.82, 2.24) is 0 Å². The fourth-order valence-corrected chi connectivity index (χ4v) is 2.05. The first kappa shape index (κ1) is 13.7. The summed E-state index contributed by atoms with van der Waals surface area (Å²) < 4.78 is 45.6. The first-order valence-electron chi connectivity index (χ1n) is 5.93. The lowest BCUT2D eigenvalue weighted by Gasteiger charge is -2.12. The predicted molar refractivity (Wildman–Crippen MR) is 60.6 cm³/mol. The van der Waals surface area contributed by atoms with Gasteiger partial charge in [0, 0.05) is 5.92 Å². The van der Waals surface area contributed by atoms with E-state index in [0.29, 0.717) is 12.0 Å². The van der Waals surface area contributed by atoms with E-state index in [0.717, 1.165) is 0 Å². The Morgan fingerprint density at radius 3 is 2.68 bits per heavy atom. The number of hydrogen-bond acceptors (Lipinski definition) is 3. The van der Waals surface area contributed by atoms with Crippen molar-refractivity contribution in [2.75, 3.05) is 6.61 Å². The molecule has 2 rings (SSSR count). The van der Waals surface area contributed by atoms with E-state index in [1.54, 1.807) is 19.1 Å². The molecule has 2 atom stereocenters. The molecular formula is C13H13F3O3. The van der Waals surface area contributed by atoms with Gasteiger partial charge in [0.15, 0.2) is 0 Å². The third kappa shape index (κ3) is 3.39. The summed E-state index contributed by atoms with van der Waals surface area (Å²) in [5.41, 5.74) is 0.401. The molecule has 2 unspecified atom stereocenters. The van der Waals surface area contributed by atoms with Crippen molar-refractivity contribution in [1.29, 1.82) is 0 Å². The number of carbonyl (C=O) groups is 1. The van der Waals surface area contributed by atoms with Crippen LogP contribution in [0.1, 0.15) is 24.8 Å². The lowest BCUT2D eigenvalue weighted by molar-refractivity contribution is -0.274. The molecule has 0 saturated heterocycles. The van der Waals surface area contributed by atoms with Crippen LogP contribution >= 0.6 is 0 Å². The number of carbonyl (C=O) groups excluding carboxylic acids is 1. The monoisotopic (exact) mass is 274 g/mol. The minimum absolute atomic E-state index is 0.244. The topological polar surface area (TPSA) is 35.5 Å². The maximum absolute atomic E-state index is 12.3. The number of rotatable bonds is 4. The minimum Gasteiger partial charge on any atom is -0.466 e. The van der Waals surface area contributed by atoms with Crippen LogP contribution in [0.4, 0.5) is 13.2 Å². The third-order valence-corrected chi connectivity index (χ3v) is 2.92. The fourth-order valence-electron chi connectivity index (χ4n) is 2.05. The summed E-state index contributed by atoms with van der Waals surface area (Å²) in [5, 5.41) is 0. The Hall–Kier alpha value is -1.72. The average Bonchev–Trinajstić information content (AvgIpc) is 3.08. The summed E-state index contributed by atoms with van der Waals surface area (Å²) in [7, 11) is 0. The summed E-state index contributed by atoms with van der Waals surface area (Å²) in [6.07, 6.45) is -4.23. The highest BCUT2D eigenvalue weighted by Crippen LogP contribution is 2.51. The second kappa shape index (κ2) is 5.11. The number of alkyl halides is 3. The van der Waals surface area contributed by atoms with Gasteiger partial charge in [-0.1, -0.05) is 18.2 Å². The van der Waals surface area contributed by atoms with Gasteiger partial charge in [-0.25, -0.2) is 0 Å². The van der Waals surface area contributed by atoms with Crippen LogP contribution in [0.15, 0.2) is 24.3 Å². The van der Waals surface area contributed by atoms with Crippen LogP contribution in [-0.2, 0) is 9.53 Å². The van der Waals surface area contributed by atoms with Crippen molar-refractivity contribution >= 4 is 5.97 Å². The molecule has 0 aromatic heterocycles. The van der Waals surface area contributed by atoms with Crippen molar-refractivity contribution in [3.63, 3.8) is 0 Å². The van der Waals surface area contributed by atoms with Crippen molar-refractivity contribution in [2.24, 2.45) is 5.92 Å². The Bertz CT molecular complexity index is 470. The Balaban J connectivity index is 2.12. The van der Waals surface area contributed by atoms with E-state index in [1.807, 2.05) is 0 Å². The van der Waals surface area contributed by atoms with Gasteiger partial charge in [-0.15, -0.1) is 13.2 Å². The molecule has 0 amide bonds. The van der Waals surface area contributed by atoms with Crippen molar-refractivity contribution < 1.29 is 27.4 Å².